The summed E-state index contributed by atoms with van der Waals surface area (Å²) >= 11 is 0. The molecule has 0 aromatic heterocycles. The zero-order chi connectivity index (χ0) is 18.8. The van der Waals surface area contributed by atoms with Gasteiger partial charge in [0.25, 0.3) is 0 Å². The van der Waals surface area contributed by atoms with Crippen molar-refractivity contribution >= 4 is 22.6 Å². The molecule has 1 aliphatic rings. The fourth-order valence-corrected chi connectivity index (χ4v) is 3.77. The van der Waals surface area contributed by atoms with E-state index in [1.54, 1.807) is 12.0 Å². The van der Waals surface area contributed by atoms with Crippen molar-refractivity contribution in [3.05, 3.63) is 42.0 Å². The lowest BCUT2D eigenvalue weighted by Crippen LogP contribution is -2.46. The van der Waals surface area contributed by atoms with Gasteiger partial charge in [-0.05, 0) is 47.7 Å². The zero-order valence-corrected chi connectivity index (χ0v) is 15.4. The Hall–Kier alpha value is -2.56. The van der Waals surface area contributed by atoms with Crippen LogP contribution in [-0.2, 0) is 9.59 Å². The number of likely N-dealkylation sites (tertiary alicyclic amines) is 1. The monoisotopic (exact) mass is 355 g/mol. The Bertz CT molecular complexity index is 832. The average molecular weight is 355 g/mol. The van der Waals surface area contributed by atoms with Crippen LogP contribution < -0.4 is 4.74 Å². The lowest BCUT2D eigenvalue weighted by molar-refractivity contribution is -0.147. The topological polar surface area (TPSA) is 66.8 Å². The smallest absolute Gasteiger partial charge is 0.308 e. The number of carbonyl (C=O) groups excluding carboxylic acids is 1. The molecule has 26 heavy (non-hydrogen) atoms. The van der Waals surface area contributed by atoms with E-state index in [0.29, 0.717) is 19.5 Å². The average Bonchev–Trinajstić information content (AvgIpc) is 2.65. The van der Waals surface area contributed by atoms with Crippen LogP contribution in [0, 0.1) is 11.8 Å². The maximum atomic E-state index is 13.0. The molecule has 1 aliphatic heterocycles. The molecule has 0 saturated carbocycles. The van der Waals surface area contributed by atoms with E-state index in [0.717, 1.165) is 22.1 Å². The van der Waals surface area contributed by atoms with Gasteiger partial charge < -0.3 is 14.7 Å². The summed E-state index contributed by atoms with van der Waals surface area (Å²) in [6.45, 7) is 4.82. The molecule has 0 spiro atoms. The van der Waals surface area contributed by atoms with Gasteiger partial charge in [-0.3, -0.25) is 9.59 Å². The normalized spacial score (nSPS) is 21.4. The van der Waals surface area contributed by atoms with Crippen LogP contribution in [0.3, 0.4) is 0 Å². The molecule has 0 aliphatic carbocycles. The maximum Gasteiger partial charge on any atom is 0.308 e. The van der Waals surface area contributed by atoms with Crippen LogP contribution in [0.4, 0.5) is 0 Å². The summed E-state index contributed by atoms with van der Waals surface area (Å²) in [7, 11) is 1.64. The van der Waals surface area contributed by atoms with Gasteiger partial charge in [0, 0.05) is 13.1 Å². The van der Waals surface area contributed by atoms with Gasteiger partial charge in [0.2, 0.25) is 5.91 Å². The van der Waals surface area contributed by atoms with Crippen LogP contribution in [-0.4, -0.2) is 42.1 Å². The first-order chi connectivity index (χ1) is 12.4. The number of amides is 1. The van der Waals surface area contributed by atoms with Crippen molar-refractivity contribution in [2.24, 2.45) is 11.8 Å². The molecule has 0 bridgehead atoms. The number of benzene rings is 2. The van der Waals surface area contributed by atoms with E-state index >= 15 is 0 Å². The number of methoxy groups -OCH3 is 1. The Morgan fingerprint density at radius 2 is 1.85 bits per heavy atom. The molecule has 3 atom stereocenters. The highest BCUT2D eigenvalue weighted by Gasteiger charge is 2.33. The van der Waals surface area contributed by atoms with Gasteiger partial charge in [0.1, 0.15) is 5.75 Å². The van der Waals surface area contributed by atoms with Gasteiger partial charge in [0.15, 0.2) is 0 Å². The predicted octanol–water partition coefficient (Wildman–Crippen LogP) is 3.52. The van der Waals surface area contributed by atoms with E-state index in [4.69, 9.17) is 4.74 Å². The minimum Gasteiger partial charge on any atom is -0.497 e. The molecule has 1 saturated heterocycles. The second-order valence-corrected chi connectivity index (χ2v) is 7.31. The first-order valence-electron chi connectivity index (χ1n) is 8.98. The molecule has 1 N–H and O–H groups in total. The van der Waals surface area contributed by atoms with Crippen LogP contribution in [0.25, 0.3) is 10.8 Å². The Kier molecular flexibility index (Phi) is 5.16. The van der Waals surface area contributed by atoms with Gasteiger partial charge in [-0.2, -0.15) is 0 Å². The first-order valence-corrected chi connectivity index (χ1v) is 8.98. The number of carboxylic acid groups (broad SMARTS) is 1. The molecule has 5 heteroatoms. The fourth-order valence-electron chi connectivity index (χ4n) is 3.77. The van der Waals surface area contributed by atoms with Crippen LogP contribution in [0.1, 0.15) is 31.7 Å². The van der Waals surface area contributed by atoms with E-state index < -0.39 is 11.9 Å². The summed E-state index contributed by atoms with van der Waals surface area (Å²) in [5.74, 6) is -0.598. The van der Waals surface area contributed by atoms with E-state index in [9.17, 15) is 14.7 Å². The van der Waals surface area contributed by atoms with Crippen molar-refractivity contribution in [3.63, 3.8) is 0 Å². The third kappa shape index (κ3) is 3.66. The molecule has 1 fully saturated rings. The zero-order valence-electron chi connectivity index (χ0n) is 15.4. The van der Waals surface area contributed by atoms with Crippen molar-refractivity contribution < 1.29 is 19.4 Å². The Morgan fingerprint density at radius 3 is 2.54 bits per heavy atom. The molecule has 3 rings (SSSR count). The van der Waals surface area contributed by atoms with Gasteiger partial charge in [-0.1, -0.05) is 31.2 Å². The van der Waals surface area contributed by atoms with Gasteiger partial charge in [-0.15, -0.1) is 0 Å². The lowest BCUT2D eigenvalue weighted by Gasteiger charge is -2.36. The summed E-state index contributed by atoms with van der Waals surface area (Å²) in [6, 6.07) is 11.8. The largest absolute Gasteiger partial charge is 0.497 e. The molecule has 2 unspecified atom stereocenters. The van der Waals surface area contributed by atoms with Crippen molar-refractivity contribution in [3.8, 4) is 5.75 Å². The number of rotatable bonds is 4. The molecule has 2 aromatic carbocycles. The minimum atomic E-state index is -0.818. The molecule has 1 amide bonds. The number of carbonyl (C=O) groups is 2. The van der Waals surface area contributed by atoms with E-state index in [-0.39, 0.29) is 17.7 Å². The summed E-state index contributed by atoms with van der Waals surface area (Å²) in [4.78, 5) is 26.0. The fraction of sp³-hybridized carbons (Fsp3) is 0.429. The number of carboxylic acids is 1. The van der Waals surface area contributed by atoms with Gasteiger partial charge in [-0.25, -0.2) is 0 Å². The number of piperidine rings is 1. The molecular formula is C21H25NO4. The van der Waals surface area contributed by atoms with Crippen LogP contribution >= 0.6 is 0 Å². The van der Waals surface area contributed by atoms with Gasteiger partial charge >= 0.3 is 5.97 Å². The summed E-state index contributed by atoms with van der Waals surface area (Å²) < 4.78 is 5.25. The summed E-state index contributed by atoms with van der Waals surface area (Å²) in [5, 5.41) is 11.4. The highest BCUT2D eigenvalue weighted by Crippen LogP contribution is 2.28. The quantitative estimate of drug-likeness (QED) is 0.911. The van der Waals surface area contributed by atoms with E-state index in [1.165, 1.54) is 0 Å². The van der Waals surface area contributed by atoms with E-state index in [1.807, 2.05) is 50.2 Å². The van der Waals surface area contributed by atoms with Crippen LogP contribution in [0.15, 0.2) is 36.4 Å². The Labute approximate surface area is 153 Å². The number of fused-ring (bicyclic) bond motifs is 1. The highest BCUT2D eigenvalue weighted by molar-refractivity contribution is 5.88. The van der Waals surface area contributed by atoms with Crippen LogP contribution in [0.5, 0.6) is 5.75 Å². The number of hydrogen-bond donors (Lipinski definition) is 1. The number of hydrogen-bond acceptors (Lipinski definition) is 3. The molecular weight excluding hydrogens is 330 g/mol. The molecule has 0 radical (unpaired) electrons. The third-order valence-electron chi connectivity index (χ3n) is 5.26. The standard InChI is InChI=1S/C21H25NO4/c1-13-8-18(21(24)25)12-22(11-13)20(23)14(2)15-4-5-17-10-19(26-3)7-6-16(17)9-15/h4-7,9-10,13-14,18H,8,11-12H2,1-3H3,(H,24,25)/t13?,14-,18?/m0/s1. The van der Waals surface area contributed by atoms with Crippen molar-refractivity contribution in [2.45, 2.75) is 26.2 Å². The first kappa shape index (κ1) is 18.2. The number of ether oxygens (including phenoxy) is 1. The lowest BCUT2D eigenvalue weighted by atomic mass is 9.89. The summed E-state index contributed by atoms with van der Waals surface area (Å²) in [5.41, 5.74) is 0.942. The number of nitrogens with zero attached hydrogens (tertiary/aromatic N) is 1. The maximum absolute atomic E-state index is 13.0. The molecule has 5 nitrogen and oxygen atoms in total. The third-order valence-corrected chi connectivity index (χ3v) is 5.26. The molecule has 2 aromatic rings. The van der Waals surface area contributed by atoms with Gasteiger partial charge in [0.05, 0.1) is 18.9 Å². The number of aliphatic carboxylic acids is 1. The Balaban J connectivity index is 1.81. The van der Waals surface area contributed by atoms with Crippen molar-refractivity contribution in [1.82, 2.24) is 4.90 Å². The SMILES string of the molecule is COc1ccc2cc([C@H](C)C(=O)N3CC(C)CC(C(=O)O)C3)ccc2c1. The summed E-state index contributed by atoms with van der Waals surface area (Å²) in [6.07, 6.45) is 0.630. The second kappa shape index (κ2) is 7.36. The minimum absolute atomic E-state index is 0.00402. The molecule has 138 valence electrons. The predicted molar refractivity (Wildman–Crippen MR) is 100 cm³/mol. The molecule has 1 heterocycles. The Morgan fingerprint density at radius 1 is 1.15 bits per heavy atom. The van der Waals surface area contributed by atoms with E-state index in [2.05, 4.69) is 0 Å². The van der Waals surface area contributed by atoms with Crippen molar-refractivity contribution in [2.75, 3.05) is 20.2 Å². The van der Waals surface area contributed by atoms with Crippen molar-refractivity contribution in [1.29, 1.82) is 0 Å². The second-order valence-electron chi connectivity index (χ2n) is 7.31. The highest BCUT2D eigenvalue weighted by atomic mass is 16.5. The van der Waals surface area contributed by atoms with Crippen LogP contribution in [0.2, 0.25) is 0 Å².